The molecule has 2 aliphatic heterocycles. The van der Waals surface area contributed by atoms with Crippen LogP contribution in [0.1, 0.15) is 59.8 Å². The average molecular weight is 294 g/mol. The SMILES string of the molecule is CC(C)CCCN1C(=O)C2CCCCN2C(=O)C1C(C)C. The zero-order valence-corrected chi connectivity index (χ0v) is 14.0. The maximum Gasteiger partial charge on any atom is 0.246 e. The molecule has 2 unspecified atom stereocenters. The highest BCUT2D eigenvalue weighted by Gasteiger charge is 2.47. The Hall–Kier alpha value is -1.06. The molecule has 2 saturated heterocycles. The Balaban J connectivity index is 2.14. The second-order valence-electron chi connectivity index (χ2n) is 7.30. The van der Waals surface area contributed by atoms with E-state index in [1.807, 2.05) is 9.80 Å². The van der Waals surface area contributed by atoms with Crippen LogP contribution in [0.4, 0.5) is 0 Å². The van der Waals surface area contributed by atoms with Gasteiger partial charge in [0.05, 0.1) is 0 Å². The zero-order valence-electron chi connectivity index (χ0n) is 14.0. The summed E-state index contributed by atoms with van der Waals surface area (Å²) in [4.78, 5) is 29.4. The summed E-state index contributed by atoms with van der Waals surface area (Å²) in [7, 11) is 0. The van der Waals surface area contributed by atoms with Crippen molar-refractivity contribution in [1.82, 2.24) is 9.80 Å². The van der Waals surface area contributed by atoms with Gasteiger partial charge in [-0.2, -0.15) is 0 Å². The van der Waals surface area contributed by atoms with Gasteiger partial charge in [-0.15, -0.1) is 0 Å². The maximum absolute atomic E-state index is 12.8. The number of rotatable bonds is 5. The lowest BCUT2D eigenvalue weighted by molar-refractivity contribution is -0.165. The first-order valence-corrected chi connectivity index (χ1v) is 8.54. The average Bonchev–Trinajstić information content (AvgIpc) is 2.43. The zero-order chi connectivity index (χ0) is 15.6. The molecule has 0 bridgehead atoms. The largest absolute Gasteiger partial charge is 0.329 e. The summed E-state index contributed by atoms with van der Waals surface area (Å²) in [5.74, 6) is 1.20. The van der Waals surface area contributed by atoms with Crippen molar-refractivity contribution in [3.8, 4) is 0 Å². The van der Waals surface area contributed by atoms with E-state index in [9.17, 15) is 9.59 Å². The summed E-state index contributed by atoms with van der Waals surface area (Å²) < 4.78 is 0. The van der Waals surface area contributed by atoms with Gasteiger partial charge in [-0.1, -0.05) is 27.7 Å². The van der Waals surface area contributed by atoms with E-state index in [1.54, 1.807) is 0 Å². The Bertz CT molecular complexity index is 392. The van der Waals surface area contributed by atoms with Gasteiger partial charge in [0, 0.05) is 13.1 Å². The Morgan fingerprint density at radius 1 is 1.10 bits per heavy atom. The molecule has 120 valence electrons. The number of carbonyl (C=O) groups is 2. The van der Waals surface area contributed by atoms with Gasteiger partial charge in [0.15, 0.2) is 0 Å². The first kappa shape index (κ1) is 16.3. The monoisotopic (exact) mass is 294 g/mol. The molecule has 2 aliphatic rings. The van der Waals surface area contributed by atoms with Crippen LogP contribution in [0.3, 0.4) is 0 Å². The molecule has 2 rings (SSSR count). The van der Waals surface area contributed by atoms with E-state index >= 15 is 0 Å². The smallest absolute Gasteiger partial charge is 0.246 e. The second kappa shape index (κ2) is 6.80. The van der Waals surface area contributed by atoms with Gasteiger partial charge in [-0.3, -0.25) is 9.59 Å². The highest BCUT2D eigenvalue weighted by molar-refractivity contribution is 5.97. The van der Waals surface area contributed by atoms with Crippen LogP contribution in [-0.4, -0.2) is 46.8 Å². The molecule has 0 aromatic carbocycles. The quantitative estimate of drug-likeness (QED) is 0.782. The molecule has 0 saturated carbocycles. The number of nitrogens with zero attached hydrogens (tertiary/aromatic N) is 2. The van der Waals surface area contributed by atoms with Crippen LogP contribution in [0, 0.1) is 11.8 Å². The van der Waals surface area contributed by atoms with Crippen molar-refractivity contribution >= 4 is 11.8 Å². The lowest BCUT2D eigenvalue weighted by Crippen LogP contribution is -2.67. The minimum absolute atomic E-state index is 0.179. The van der Waals surface area contributed by atoms with Crippen LogP contribution in [0.25, 0.3) is 0 Å². The third kappa shape index (κ3) is 3.41. The van der Waals surface area contributed by atoms with Crippen LogP contribution >= 0.6 is 0 Å². The van der Waals surface area contributed by atoms with Crippen molar-refractivity contribution in [2.24, 2.45) is 11.8 Å². The van der Waals surface area contributed by atoms with E-state index in [1.165, 1.54) is 0 Å². The molecule has 0 aliphatic carbocycles. The molecule has 0 N–H and O–H groups in total. The van der Waals surface area contributed by atoms with Crippen molar-refractivity contribution in [3.05, 3.63) is 0 Å². The van der Waals surface area contributed by atoms with Gasteiger partial charge < -0.3 is 9.80 Å². The molecule has 21 heavy (non-hydrogen) atoms. The molecule has 2 atom stereocenters. The summed E-state index contributed by atoms with van der Waals surface area (Å²) in [6.45, 7) is 10.00. The number of fused-ring (bicyclic) bond motifs is 1. The van der Waals surface area contributed by atoms with Crippen molar-refractivity contribution in [1.29, 1.82) is 0 Å². The maximum atomic E-state index is 12.8. The molecule has 4 heteroatoms. The fourth-order valence-electron chi connectivity index (χ4n) is 3.65. The van der Waals surface area contributed by atoms with Gasteiger partial charge in [0.1, 0.15) is 12.1 Å². The van der Waals surface area contributed by atoms with Gasteiger partial charge in [-0.25, -0.2) is 0 Å². The molecular weight excluding hydrogens is 264 g/mol. The van der Waals surface area contributed by atoms with E-state index in [0.717, 1.165) is 45.2 Å². The number of hydrogen-bond donors (Lipinski definition) is 0. The first-order valence-electron chi connectivity index (χ1n) is 8.54. The van der Waals surface area contributed by atoms with E-state index < -0.39 is 0 Å². The van der Waals surface area contributed by atoms with Crippen molar-refractivity contribution < 1.29 is 9.59 Å². The van der Waals surface area contributed by atoms with Crippen LogP contribution in [0.2, 0.25) is 0 Å². The Morgan fingerprint density at radius 2 is 1.81 bits per heavy atom. The summed E-state index contributed by atoms with van der Waals surface area (Å²) in [5, 5.41) is 0. The molecule has 0 aromatic heterocycles. The van der Waals surface area contributed by atoms with Crippen molar-refractivity contribution in [3.63, 3.8) is 0 Å². The van der Waals surface area contributed by atoms with Crippen LogP contribution in [0.5, 0.6) is 0 Å². The lowest BCUT2D eigenvalue weighted by atomic mass is 9.90. The number of carbonyl (C=O) groups excluding carboxylic acids is 2. The minimum Gasteiger partial charge on any atom is -0.329 e. The molecule has 4 nitrogen and oxygen atoms in total. The van der Waals surface area contributed by atoms with Crippen LogP contribution < -0.4 is 0 Å². The number of piperidine rings is 1. The summed E-state index contributed by atoms with van der Waals surface area (Å²) in [6, 6.07) is -0.431. The predicted octanol–water partition coefficient (Wildman–Crippen LogP) is 2.67. The highest BCUT2D eigenvalue weighted by Crippen LogP contribution is 2.29. The number of hydrogen-bond acceptors (Lipinski definition) is 2. The summed E-state index contributed by atoms with van der Waals surface area (Å²) in [5.41, 5.74) is 0. The molecule has 2 fully saturated rings. The van der Waals surface area contributed by atoms with Crippen molar-refractivity contribution in [2.45, 2.75) is 71.9 Å². The lowest BCUT2D eigenvalue weighted by Gasteiger charge is -2.48. The minimum atomic E-state index is -0.251. The predicted molar refractivity (Wildman–Crippen MR) is 83.8 cm³/mol. The number of piperazine rings is 1. The molecule has 2 amide bonds. The van der Waals surface area contributed by atoms with E-state index in [2.05, 4.69) is 27.7 Å². The van der Waals surface area contributed by atoms with E-state index in [-0.39, 0.29) is 29.8 Å². The topological polar surface area (TPSA) is 40.6 Å². The third-order valence-corrected chi connectivity index (χ3v) is 4.75. The molecule has 0 spiro atoms. The van der Waals surface area contributed by atoms with E-state index in [4.69, 9.17) is 0 Å². The molecule has 2 heterocycles. The standard InChI is InChI=1S/C17H30N2O2/c1-12(2)8-7-11-19-15(13(3)4)17(21)18-10-6-5-9-14(18)16(19)20/h12-15H,5-11H2,1-4H3. The molecule has 0 aromatic rings. The Morgan fingerprint density at radius 3 is 2.43 bits per heavy atom. The molecular formula is C17H30N2O2. The third-order valence-electron chi connectivity index (χ3n) is 4.75. The van der Waals surface area contributed by atoms with Gasteiger partial charge >= 0.3 is 0 Å². The second-order valence-corrected chi connectivity index (χ2v) is 7.30. The Kier molecular flexibility index (Phi) is 5.28. The fourth-order valence-corrected chi connectivity index (χ4v) is 3.65. The van der Waals surface area contributed by atoms with Crippen LogP contribution in [-0.2, 0) is 9.59 Å². The van der Waals surface area contributed by atoms with Crippen molar-refractivity contribution in [2.75, 3.05) is 13.1 Å². The van der Waals surface area contributed by atoms with Gasteiger partial charge in [0.25, 0.3) is 0 Å². The van der Waals surface area contributed by atoms with Crippen LogP contribution in [0.15, 0.2) is 0 Å². The first-order chi connectivity index (χ1) is 9.93. The fraction of sp³-hybridized carbons (Fsp3) is 0.882. The summed E-state index contributed by atoms with van der Waals surface area (Å²) in [6.07, 6.45) is 5.04. The van der Waals surface area contributed by atoms with Gasteiger partial charge in [0.2, 0.25) is 11.8 Å². The Labute approximate surface area is 128 Å². The number of amides is 2. The molecule has 0 radical (unpaired) electrons. The highest BCUT2D eigenvalue weighted by atomic mass is 16.2. The normalized spacial score (nSPS) is 26.8. The summed E-state index contributed by atoms with van der Waals surface area (Å²) >= 11 is 0. The van der Waals surface area contributed by atoms with Gasteiger partial charge in [-0.05, 0) is 43.9 Å². The van der Waals surface area contributed by atoms with E-state index in [0.29, 0.717) is 5.92 Å².